The summed E-state index contributed by atoms with van der Waals surface area (Å²) in [5.41, 5.74) is 2.37. The maximum atomic E-state index is 13.9. The molecule has 7 rings (SSSR count). The van der Waals surface area contributed by atoms with E-state index >= 15 is 0 Å². The van der Waals surface area contributed by atoms with Gasteiger partial charge in [0.2, 0.25) is 5.91 Å². The number of carbonyl (C=O) groups excluding carboxylic acids is 3. The molecule has 4 aromatic rings. The van der Waals surface area contributed by atoms with E-state index in [1.165, 1.54) is 4.90 Å². The molecule has 0 spiro atoms. The predicted molar refractivity (Wildman–Crippen MR) is 173 cm³/mol. The van der Waals surface area contributed by atoms with Gasteiger partial charge in [0, 0.05) is 35.8 Å². The van der Waals surface area contributed by atoms with E-state index in [9.17, 15) is 24.6 Å². The van der Waals surface area contributed by atoms with Crippen LogP contribution in [0.5, 0.6) is 11.5 Å². The van der Waals surface area contributed by atoms with Gasteiger partial charge < -0.3 is 25.2 Å². The number of ether oxygens (including phenoxy) is 1. The molecule has 3 aliphatic rings. The molecule has 0 saturated carbocycles. The third kappa shape index (κ3) is 4.85. The third-order valence-corrected chi connectivity index (χ3v) is 9.18. The van der Waals surface area contributed by atoms with Gasteiger partial charge in [0.25, 0.3) is 11.8 Å². The van der Waals surface area contributed by atoms with E-state index in [1.54, 1.807) is 78.6 Å². The van der Waals surface area contributed by atoms with Gasteiger partial charge in [-0.3, -0.25) is 19.3 Å². The zero-order chi connectivity index (χ0) is 32.0. The van der Waals surface area contributed by atoms with Crippen LogP contribution in [0.2, 0.25) is 0 Å². The monoisotopic (exact) mass is 615 g/mol. The first-order valence-electron chi connectivity index (χ1n) is 15.3. The number of para-hydroxylation sites is 3. The van der Waals surface area contributed by atoms with Gasteiger partial charge in [-0.1, -0.05) is 67.6 Å². The quantitative estimate of drug-likeness (QED) is 0.249. The molecule has 0 unspecified atom stereocenters. The number of hydrogen-bond acceptors (Lipinski definition) is 6. The lowest BCUT2D eigenvalue weighted by Crippen LogP contribution is -2.46. The smallest absolute Gasteiger partial charge is 0.266 e. The number of rotatable bonds is 6. The Kier molecular flexibility index (Phi) is 7.43. The molecule has 0 aliphatic carbocycles. The Hall–Kier alpha value is -5.25. The molecule has 46 heavy (non-hydrogen) atoms. The van der Waals surface area contributed by atoms with Crippen LogP contribution in [0.15, 0.2) is 103 Å². The lowest BCUT2D eigenvalue weighted by molar-refractivity contribution is -0.137. The number of fused-ring (bicyclic) bond motifs is 4. The zero-order valence-electron chi connectivity index (χ0n) is 25.2. The van der Waals surface area contributed by atoms with Crippen LogP contribution >= 0.6 is 0 Å². The predicted octanol–water partition coefficient (Wildman–Crippen LogP) is 5.44. The molecule has 9 nitrogen and oxygen atoms in total. The molecule has 3 N–H and O–H groups in total. The van der Waals surface area contributed by atoms with Gasteiger partial charge in [-0.2, -0.15) is 0 Å². The zero-order valence-corrected chi connectivity index (χ0v) is 25.2. The molecule has 3 heterocycles. The molecule has 3 atom stereocenters. The second-order valence-corrected chi connectivity index (χ2v) is 11.9. The van der Waals surface area contributed by atoms with Gasteiger partial charge in [0.15, 0.2) is 11.4 Å². The lowest BCUT2D eigenvalue weighted by atomic mass is 9.82. The Morgan fingerprint density at radius 3 is 2.52 bits per heavy atom. The fourth-order valence-corrected chi connectivity index (χ4v) is 6.62. The van der Waals surface area contributed by atoms with Gasteiger partial charge in [-0.05, 0) is 60.0 Å². The summed E-state index contributed by atoms with van der Waals surface area (Å²) in [5.74, 6) is -0.842. The molecular formula is C37H33N3O6. The van der Waals surface area contributed by atoms with Crippen molar-refractivity contribution in [2.45, 2.75) is 38.0 Å². The van der Waals surface area contributed by atoms with Crippen LogP contribution in [0.4, 0.5) is 17.1 Å². The van der Waals surface area contributed by atoms with Crippen LogP contribution in [0.1, 0.15) is 40.4 Å². The van der Waals surface area contributed by atoms with E-state index in [-0.39, 0.29) is 30.9 Å². The van der Waals surface area contributed by atoms with E-state index in [4.69, 9.17) is 4.74 Å². The molecule has 4 aromatic carbocycles. The molecule has 3 amide bonds. The normalized spacial score (nSPS) is 20.6. The largest absolute Gasteiger partial charge is 0.454 e. The van der Waals surface area contributed by atoms with Crippen molar-refractivity contribution in [2.24, 2.45) is 5.92 Å². The van der Waals surface area contributed by atoms with Crippen LogP contribution in [0, 0.1) is 5.92 Å². The third-order valence-electron chi connectivity index (χ3n) is 9.18. The molecule has 0 aromatic heterocycles. The molecule has 3 aliphatic heterocycles. The van der Waals surface area contributed by atoms with Crippen molar-refractivity contribution in [3.8, 4) is 11.5 Å². The van der Waals surface area contributed by atoms with Gasteiger partial charge >= 0.3 is 0 Å². The minimum absolute atomic E-state index is 0.0477. The first kappa shape index (κ1) is 29.5. The Bertz CT molecular complexity index is 1900. The fraction of sp³-hybridized carbons (Fsp3) is 0.216. The Labute approximate surface area is 266 Å². The highest BCUT2D eigenvalue weighted by atomic mass is 16.5. The van der Waals surface area contributed by atoms with E-state index in [2.05, 4.69) is 5.32 Å². The number of nitrogens with zero attached hydrogens (tertiary/aromatic N) is 2. The standard InChI is InChI=1S/C37H33N3O6/c1-23(9-8-16-34(42)39-21-25-11-3-2-10-24(25)19-27(39)22-41)37(45)29-20-26(17-18-30(29)38-36(37)44)40-31-13-5-7-15-33(31)46-32-14-6-4-12-28(32)35(40)43/h2-15,17-18,20,23,27,41,45H,16,19,21-22H2,1H3,(H,38,44)/b9-8+/t23-,27+,37+/m1/s1. The second-order valence-electron chi connectivity index (χ2n) is 11.9. The number of anilines is 3. The first-order valence-corrected chi connectivity index (χ1v) is 15.3. The van der Waals surface area contributed by atoms with E-state index in [0.717, 1.165) is 11.1 Å². The molecule has 0 bridgehead atoms. The van der Waals surface area contributed by atoms with Crippen molar-refractivity contribution in [2.75, 3.05) is 16.8 Å². The van der Waals surface area contributed by atoms with Crippen molar-refractivity contribution in [1.29, 1.82) is 0 Å². The number of hydrogen-bond donors (Lipinski definition) is 3. The molecule has 9 heteroatoms. The summed E-state index contributed by atoms with van der Waals surface area (Å²) in [6, 6.07) is 26.9. The molecule has 0 saturated heterocycles. The van der Waals surface area contributed by atoms with Gasteiger partial charge in [-0.25, -0.2) is 0 Å². The molecule has 232 valence electrons. The lowest BCUT2D eigenvalue weighted by Gasteiger charge is -2.36. The summed E-state index contributed by atoms with van der Waals surface area (Å²) in [7, 11) is 0. The second kappa shape index (κ2) is 11.6. The number of carbonyl (C=O) groups is 3. The van der Waals surface area contributed by atoms with Crippen molar-refractivity contribution in [3.05, 3.63) is 125 Å². The van der Waals surface area contributed by atoms with Crippen molar-refractivity contribution < 1.29 is 29.3 Å². The number of aliphatic hydroxyl groups is 2. The fourth-order valence-electron chi connectivity index (χ4n) is 6.62. The highest BCUT2D eigenvalue weighted by Crippen LogP contribution is 2.47. The van der Waals surface area contributed by atoms with Crippen LogP contribution in [-0.4, -0.2) is 45.5 Å². The summed E-state index contributed by atoms with van der Waals surface area (Å²) < 4.78 is 6.12. The van der Waals surface area contributed by atoms with Gasteiger partial charge in [-0.15, -0.1) is 0 Å². The Balaban J connectivity index is 1.16. The summed E-state index contributed by atoms with van der Waals surface area (Å²) in [4.78, 5) is 43.7. The highest BCUT2D eigenvalue weighted by molar-refractivity contribution is 6.14. The Morgan fingerprint density at radius 1 is 1.00 bits per heavy atom. The summed E-state index contributed by atoms with van der Waals surface area (Å²) >= 11 is 0. The molecule has 0 radical (unpaired) electrons. The minimum Gasteiger partial charge on any atom is -0.454 e. The summed E-state index contributed by atoms with van der Waals surface area (Å²) in [6.45, 7) is 1.99. The minimum atomic E-state index is -1.95. The number of amides is 3. The number of nitrogens with one attached hydrogen (secondary N) is 1. The average molecular weight is 616 g/mol. The van der Waals surface area contributed by atoms with Crippen molar-refractivity contribution in [3.63, 3.8) is 0 Å². The average Bonchev–Trinajstić information content (AvgIpc) is 3.26. The summed E-state index contributed by atoms with van der Waals surface area (Å²) in [5, 5.41) is 24.7. The van der Waals surface area contributed by atoms with Gasteiger partial charge in [0.05, 0.1) is 23.9 Å². The van der Waals surface area contributed by atoms with Gasteiger partial charge in [0.1, 0.15) is 5.75 Å². The van der Waals surface area contributed by atoms with Crippen LogP contribution in [0.25, 0.3) is 0 Å². The number of aliphatic hydroxyl groups excluding tert-OH is 1. The summed E-state index contributed by atoms with van der Waals surface area (Å²) in [6.07, 6.45) is 3.96. The maximum absolute atomic E-state index is 13.9. The van der Waals surface area contributed by atoms with E-state index in [1.807, 2.05) is 36.4 Å². The number of benzene rings is 4. The Morgan fingerprint density at radius 2 is 1.72 bits per heavy atom. The molecule has 0 fully saturated rings. The van der Waals surface area contributed by atoms with Crippen molar-refractivity contribution in [1.82, 2.24) is 4.90 Å². The SMILES string of the molecule is C[C@H](/C=C/CC(=O)N1Cc2ccccc2C[C@H]1CO)[C@@]1(O)C(=O)Nc2ccc(N3C(=O)c4ccccc4Oc4ccccc43)cc21. The van der Waals surface area contributed by atoms with Crippen LogP contribution < -0.4 is 15.0 Å². The highest BCUT2D eigenvalue weighted by Gasteiger charge is 2.49. The topological polar surface area (TPSA) is 119 Å². The first-order chi connectivity index (χ1) is 22.3. The van der Waals surface area contributed by atoms with E-state index < -0.39 is 17.4 Å². The van der Waals surface area contributed by atoms with Crippen molar-refractivity contribution >= 4 is 34.8 Å². The maximum Gasteiger partial charge on any atom is 0.266 e. The van der Waals surface area contributed by atoms with Crippen LogP contribution in [0.3, 0.4) is 0 Å². The van der Waals surface area contributed by atoms with Crippen LogP contribution in [-0.2, 0) is 28.2 Å². The van der Waals surface area contributed by atoms with E-state index in [0.29, 0.717) is 52.7 Å². The molecular weight excluding hydrogens is 582 g/mol.